The van der Waals surface area contributed by atoms with Crippen molar-refractivity contribution in [2.24, 2.45) is 5.92 Å². The van der Waals surface area contributed by atoms with Gasteiger partial charge in [0, 0.05) is 30.8 Å². The van der Waals surface area contributed by atoms with Crippen molar-refractivity contribution >= 4 is 34.6 Å². The Balaban J connectivity index is 1.53. The Morgan fingerprint density at radius 1 is 1.18 bits per heavy atom. The summed E-state index contributed by atoms with van der Waals surface area (Å²) in [5, 5.41) is 9.82. The summed E-state index contributed by atoms with van der Waals surface area (Å²) < 4.78 is 28.9. The van der Waals surface area contributed by atoms with Crippen LogP contribution in [0, 0.1) is 17.6 Å². The number of amides is 1. The first-order valence-electron chi connectivity index (χ1n) is 12.6. The summed E-state index contributed by atoms with van der Waals surface area (Å²) in [6, 6.07) is 8.88. The van der Waals surface area contributed by atoms with E-state index in [0.29, 0.717) is 63.7 Å². The second-order valence-corrected chi connectivity index (χ2v) is 9.72. The van der Waals surface area contributed by atoms with Gasteiger partial charge in [0.2, 0.25) is 5.95 Å². The molecule has 0 bridgehead atoms. The summed E-state index contributed by atoms with van der Waals surface area (Å²) in [6.45, 7) is 5.12. The number of halogens is 3. The zero-order valence-corrected chi connectivity index (χ0v) is 21.7. The average molecular weight is 540 g/mol. The first-order valence-corrected chi connectivity index (χ1v) is 13.0. The molecule has 2 aromatic heterocycles. The van der Waals surface area contributed by atoms with E-state index >= 15 is 0 Å². The van der Waals surface area contributed by atoms with E-state index in [1.54, 1.807) is 24.4 Å². The molecular weight excluding hydrogens is 512 g/mol. The summed E-state index contributed by atoms with van der Waals surface area (Å²) in [7, 11) is 0. The van der Waals surface area contributed by atoms with Crippen LogP contribution in [-0.2, 0) is 13.1 Å². The largest absolute Gasteiger partial charge is 0.352 e. The van der Waals surface area contributed by atoms with E-state index < -0.39 is 11.6 Å². The molecule has 1 aliphatic heterocycles. The van der Waals surface area contributed by atoms with Crippen LogP contribution in [0.4, 0.5) is 14.7 Å². The standard InChI is InChI=1S/C27H28ClF2N7O/c1-2-32-26(38)18-6-7-20(28)19(11-18)24-35-23-14-34-27(33-13-16-5-8-21(29)22(30)10-16)36-25(23)37(24)15-17-4-3-9-31-12-17/h5-8,10-11,14,17,31H,2-4,9,12-13,15H2,1H3,(H,32,38)(H,33,34,36)/t17-/m1/s1. The highest BCUT2D eigenvalue weighted by Gasteiger charge is 2.22. The molecule has 1 atom stereocenters. The Hall–Kier alpha value is -3.63. The van der Waals surface area contributed by atoms with Crippen LogP contribution in [0.5, 0.6) is 0 Å². The van der Waals surface area contributed by atoms with E-state index in [2.05, 4.69) is 20.9 Å². The predicted molar refractivity (Wildman–Crippen MR) is 143 cm³/mol. The van der Waals surface area contributed by atoms with Crippen molar-refractivity contribution in [1.29, 1.82) is 0 Å². The normalized spacial score (nSPS) is 15.5. The van der Waals surface area contributed by atoms with Crippen molar-refractivity contribution < 1.29 is 13.6 Å². The lowest BCUT2D eigenvalue weighted by molar-refractivity contribution is 0.0956. The summed E-state index contributed by atoms with van der Waals surface area (Å²) in [5.74, 6) is -0.689. The Morgan fingerprint density at radius 3 is 2.82 bits per heavy atom. The minimum absolute atomic E-state index is 0.187. The van der Waals surface area contributed by atoms with Gasteiger partial charge in [-0.1, -0.05) is 17.7 Å². The molecule has 1 fully saturated rings. The number of aromatic nitrogens is 4. The van der Waals surface area contributed by atoms with Gasteiger partial charge in [-0.2, -0.15) is 4.98 Å². The van der Waals surface area contributed by atoms with Crippen LogP contribution in [0.1, 0.15) is 35.7 Å². The fourth-order valence-electron chi connectivity index (χ4n) is 4.65. The van der Waals surface area contributed by atoms with Crippen molar-refractivity contribution in [2.75, 3.05) is 25.0 Å². The highest BCUT2D eigenvalue weighted by molar-refractivity contribution is 6.33. The SMILES string of the molecule is CCNC(=O)c1ccc(Cl)c(-c2nc3cnc(NCc4ccc(F)c(F)c4)nc3n2C[C@@H]2CCCNC2)c1. The van der Waals surface area contributed by atoms with E-state index in [0.717, 1.165) is 38.1 Å². The summed E-state index contributed by atoms with van der Waals surface area (Å²) in [4.78, 5) is 26.4. The highest BCUT2D eigenvalue weighted by atomic mass is 35.5. The third-order valence-corrected chi connectivity index (χ3v) is 6.90. The van der Waals surface area contributed by atoms with Gasteiger partial charge in [-0.3, -0.25) is 4.79 Å². The molecule has 0 spiro atoms. The number of anilines is 1. The lowest BCUT2D eigenvalue weighted by Gasteiger charge is -2.24. The molecule has 8 nitrogen and oxygen atoms in total. The Labute approximate surface area is 223 Å². The van der Waals surface area contributed by atoms with Crippen LogP contribution in [0.2, 0.25) is 5.02 Å². The van der Waals surface area contributed by atoms with Crippen LogP contribution in [0.25, 0.3) is 22.6 Å². The van der Waals surface area contributed by atoms with E-state index in [4.69, 9.17) is 21.6 Å². The molecule has 198 valence electrons. The van der Waals surface area contributed by atoms with Crippen LogP contribution in [-0.4, -0.2) is 45.1 Å². The van der Waals surface area contributed by atoms with Gasteiger partial charge in [0.15, 0.2) is 17.3 Å². The minimum atomic E-state index is -0.906. The van der Waals surface area contributed by atoms with Gasteiger partial charge in [-0.05, 0) is 74.7 Å². The maximum Gasteiger partial charge on any atom is 0.251 e. The molecule has 0 saturated carbocycles. The smallest absolute Gasteiger partial charge is 0.251 e. The number of hydrogen-bond acceptors (Lipinski definition) is 6. The lowest BCUT2D eigenvalue weighted by Crippen LogP contribution is -2.32. The second-order valence-electron chi connectivity index (χ2n) is 9.32. The quantitative estimate of drug-likeness (QED) is 0.298. The number of nitrogens with zero attached hydrogens (tertiary/aromatic N) is 4. The van der Waals surface area contributed by atoms with Crippen molar-refractivity contribution in [1.82, 2.24) is 30.2 Å². The monoisotopic (exact) mass is 539 g/mol. The van der Waals surface area contributed by atoms with Crippen LogP contribution in [0.3, 0.4) is 0 Å². The molecular formula is C27H28ClF2N7O. The van der Waals surface area contributed by atoms with Gasteiger partial charge in [-0.25, -0.2) is 18.7 Å². The molecule has 11 heteroatoms. The van der Waals surface area contributed by atoms with Gasteiger partial charge >= 0.3 is 0 Å². The van der Waals surface area contributed by atoms with Crippen molar-refractivity contribution in [3.8, 4) is 11.4 Å². The van der Waals surface area contributed by atoms with E-state index in [1.165, 1.54) is 6.07 Å². The fraction of sp³-hybridized carbons (Fsp3) is 0.333. The topological polar surface area (TPSA) is 96.8 Å². The average Bonchev–Trinajstić information content (AvgIpc) is 3.27. The molecule has 3 heterocycles. The lowest BCUT2D eigenvalue weighted by atomic mass is 9.99. The predicted octanol–water partition coefficient (Wildman–Crippen LogP) is 4.79. The zero-order valence-electron chi connectivity index (χ0n) is 20.9. The molecule has 5 rings (SSSR count). The van der Waals surface area contributed by atoms with Crippen molar-refractivity contribution in [3.63, 3.8) is 0 Å². The molecule has 1 aliphatic rings. The number of benzene rings is 2. The first-order chi connectivity index (χ1) is 18.4. The molecule has 0 radical (unpaired) electrons. The third kappa shape index (κ3) is 5.61. The number of carbonyl (C=O) groups excluding carboxylic acids is 1. The number of hydrogen-bond donors (Lipinski definition) is 3. The van der Waals surface area contributed by atoms with Gasteiger partial charge in [-0.15, -0.1) is 0 Å². The maximum absolute atomic E-state index is 13.6. The van der Waals surface area contributed by atoms with Gasteiger partial charge in [0.1, 0.15) is 11.3 Å². The molecule has 38 heavy (non-hydrogen) atoms. The van der Waals surface area contributed by atoms with Crippen LogP contribution >= 0.6 is 11.6 Å². The van der Waals surface area contributed by atoms with Crippen molar-refractivity contribution in [3.05, 3.63) is 70.4 Å². The number of nitrogens with one attached hydrogen (secondary N) is 3. The van der Waals surface area contributed by atoms with Gasteiger partial charge in [0.25, 0.3) is 5.91 Å². The summed E-state index contributed by atoms with van der Waals surface area (Å²) in [6.07, 6.45) is 3.76. The number of rotatable bonds is 8. The highest BCUT2D eigenvalue weighted by Crippen LogP contribution is 2.32. The number of carbonyl (C=O) groups is 1. The Kier molecular flexibility index (Phi) is 7.80. The number of imidazole rings is 1. The van der Waals surface area contributed by atoms with E-state index in [-0.39, 0.29) is 12.5 Å². The van der Waals surface area contributed by atoms with Crippen molar-refractivity contribution in [2.45, 2.75) is 32.9 Å². The minimum Gasteiger partial charge on any atom is -0.352 e. The van der Waals surface area contributed by atoms with E-state index in [1.807, 2.05) is 11.5 Å². The van der Waals surface area contributed by atoms with Gasteiger partial charge < -0.3 is 20.5 Å². The summed E-state index contributed by atoms with van der Waals surface area (Å²) >= 11 is 6.62. The first kappa shape index (κ1) is 26.0. The molecule has 3 N–H and O–H groups in total. The molecule has 4 aromatic rings. The summed E-state index contributed by atoms with van der Waals surface area (Å²) in [5.41, 5.74) is 2.89. The fourth-order valence-corrected chi connectivity index (χ4v) is 4.85. The second kappa shape index (κ2) is 11.4. The Bertz CT molecular complexity index is 1470. The Morgan fingerprint density at radius 2 is 2.05 bits per heavy atom. The van der Waals surface area contributed by atoms with Crippen LogP contribution < -0.4 is 16.0 Å². The number of fused-ring (bicyclic) bond motifs is 1. The van der Waals surface area contributed by atoms with E-state index in [9.17, 15) is 13.6 Å². The zero-order chi connectivity index (χ0) is 26.6. The van der Waals surface area contributed by atoms with Gasteiger partial charge in [0.05, 0.1) is 11.2 Å². The molecule has 2 aromatic carbocycles. The van der Waals surface area contributed by atoms with Crippen LogP contribution in [0.15, 0.2) is 42.6 Å². The molecule has 1 saturated heterocycles. The molecule has 0 unspecified atom stereocenters. The number of piperidine rings is 1. The molecule has 0 aliphatic carbocycles. The molecule has 1 amide bonds. The maximum atomic E-state index is 13.6. The third-order valence-electron chi connectivity index (χ3n) is 6.57.